The number of carbonyl (C=O) groups excluding carboxylic acids is 5. The minimum Gasteiger partial charge on any atom is -0.454 e. The lowest BCUT2D eigenvalue weighted by molar-refractivity contribution is -0.156. The van der Waals surface area contributed by atoms with Crippen molar-refractivity contribution >= 4 is 46.7 Å². The number of para-hydroxylation sites is 1. The Morgan fingerprint density at radius 1 is 0.915 bits per heavy atom. The van der Waals surface area contributed by atoms with Crippen molar-refractivity contribution in [3.8, 4) is 0 Å². The highest BCUT2D eigenvalue weighted by Gasteiger charge is 2.39. The predicted octanol–water partition coefficient (Wildman–Crippen LogP) is 4.64. The van der Waals surface area contributed by atoms with Crippen molar-refractivity contribution in [3.05, 3.63) is 63.6 Å². The molecule has 0 aliphatic carbocycles. The van der Waals surface area contributed by atoms with Gasteiger partial charge >= 0.3 is 23.8 Å². The summed E-state index contributed by atoms with van der Waals surface area (Å²) in [7, 11) is 4.66. The zero-order valence-corrected chi connectivity index (χ0v) is 34.3. The van der Waals surface area contributed by atoms with Crippen molar-refractivity contribution in [2.45, 2.75) is 90.8 Å². The van der Waals surface area contributed by atoms with Gasteiger partial charge in [0.1, 0.15) is 6.04 Å². The maximum Gasteiger partial charge on any atom is 0.417 e. The average molecular weight is 820 g/mol. The van der Waals surface area contributed by atoms with E-state index in [2.05, 4.69) is 21.3 Å². The lowest BCUT2D eigenvalue weighted by Gasteiger charge is -2.39. The fraction of sp³-hybridized carbons (Fsp3) is 0.581. The van der Waals surface area contributed by atoms with Crippen molar-refractivity contribution in [3.63, 3.8) is 0 Å². The number of urea groups is 1. The van der Waals surface area contributed by atoms with E-state index in [4.69, 9.17) is 13.9 Å². The van der Waals surface area contributed by atoms with Crippen LogP contribution in [0.3, 0.4) is 0 Å². The molecule has 1 aromatic heterocycles. The van der Waals surface area contributed by atoms with Crippen LogP contribution >= 0.6 is 0 Å². The molecule has 0 spiro atoms. The smallest absolute Gasteiger partial charge is 0.417 e. The summed E-state index contributed by atoms with van der Waals surface area (Å²) in [6, 6.07) is 11.8. The molecule has 5 heterocycles. The number of methoxy groups -OCH3 is 1. The number of ether oxygens (including phenoxy) is 2. The Labute approximate surface area is 346 Å². The second kappa shape index (κ2) is 20.1. The summed E-state index contributed by atoms with van der Waals surface area (Å²) in [4.78, 5) is 84.9. The number of aromatic nitrogens is 1. The molecule has 0 saturated carbocycles. The summed E-state index contributed by atoms with van der Waals surface area (Å²) in [6.45, 7) is 7.72. The molecule has 0 radical (unpaired) electrons. The van der Waals surface area contributed by atoms with Gasteiger partial charge in [-0.2, -0.15) is 0 Å². The van der Waals surface area contributed by atoms with E-state index in [9.17, 15) is 28.8 Å². The number of aryl methyl sites for hydroxylation is 1. The Bertz CT molecular complexity index is 2010. The molecule has 4 aliphatic heterocycles. The molecule has 5 amide bonds. The Kier molecular flexibility index (Phi) is 15.2. The number of rotatable bonds is 8. The molecule has 0 unspecified atom stereocenters. The van der Waals surface area contributed by atoms with Crippen molar-refractivity contribution < 1.29 is 37.9 Å². The summed E-state index contributed by atoms with van der Waals surface area (Å²) in [5, 5.41) is 3.00. The van der Waals surface area contributed by atoms with Crippen LogP contribution in [0.5, 0.6) is 0 Å². The number of carbonyl (C=O) groups is 5. The molecule has 0 bridgehead atoms. The Balaban J connectivity index is 0.000000246. The second-order valence-corrected chi connectivity index (χ2v) is 16.0. The summed E-state index contributed by atoms with van der Waals surface area (Å²) in [6.07, 6.45) is 5.97. The molecule has 16 nitrogen and oxygen atoms in total. The van der Waals surface area contributed by atoms with Crippen LogP contribution in [0.15, 0.2) is 45.6 Å². The number of nitrogens with one attached hydrogen (secondary N) is 2. The van der Waals surface area contributed by atoms with E-state index < -0.39 is 5.76 Å². The molecular formula is C43H61N7O9. The van der Waals surface area contributed by atoms with Crippen LogP contribution in [0.1, 0.15) is 69.6 Å². The number of likely N-dealkylation sites (tertiary alicyclic amines) is 3. The number of oxazole rings is 1. The standard InChI is InChI=1S/C26H36N4O6.C16H21N3O3.CH4/c1-16-12-18(14-21-23(16)27-26(34)36-21)13-17(2)24(32)29-10-7-19(8-11-29)30-9-5-6-20(30)25(33)35-15-22(31)28(3)4;1-22-16(21)18-9-7-13(8-10-18)19-11-6-12-4-2-3-5-14(12)17-15(19)20;/h12,14,17,19-20H,5-11,13,15H2,1-4H3,(H,27,34);2-5,13H,6-11H2,1H3,(H,17,20);1H4/t17-,20+;;/m1../s1. The molecule has 3 fully saturated rings. The molecule has 322 valence electrons. The van der Waals surface area contributed by atoms with Crippen molar-refractivity contribution in [1.82, 2.24) is 29.5 Å². The van der Waals surface area contributed by atoms with Crippen LogP contribution in [0.2, 0.25) is 0 Å². The number of hydrogen-bond acceptors (Lipinski definition) is 10. The molecule has 3 aromatic rings. The molecule has 7 rings (SSSR count). The zero-order chi connectivity index (χ0) is 41.5. The highest BCUT2D eigenvalue weighted by Crippen LogP contribution is 2.29. The van der Waals surface area contributed by atoms with Crippen LogP contribution in [-0.4, -0.2) is 145 Å². The van der Waals surface area contributed by atoms with Crippen molar-refractivity contribution in [1.29, 1.82) is 0 Å². The van der Waals surface area contributed by atoms with E-state index >= 15 is 0 Å². The third-order valence-corrected chi connectivity index (χ3v) is 11.9. The number of nitrogens with zero attached hydrogens (tertiary/aromatic N) is 5. The van der Waals surface area contributed by atoms with Crippen LogP contribution in [-0.2, 0) is 36.7 Å². The molecular weight excluding hydrogens is 759 g/mol. The number of benzene rings is 2. The van der Waals surface area contributed by atoms with E-state index in [0.717, 1.165) is 68.3 Å². The Hall–Kier alpha value is -5.38. The third-order valence-electron chi connectivity index (χ3n) is 11.9. The normalized spacial score (nSPS) is 19.4. The quantitative estimate of drug-likeness (QED) is 0.305. The minimum atomic E-state index is -0.479. The monoisotopic (exact) mass is 819 g/mol. The van der Waals surface area contributed by atoms with Crippen LogP contribution in [0, 0.1) is 12.8 Å². The number of piperidine rings is 2. The van der Waals surface area contributed by atoms with Gasteiger partial charge in [0.25, 0.3) is 5.91 Å². The maximum absolute atomic E-state index is 13.2. The van der Waals surface area contributed by atoms with Gasteiger partial charge in [-0.3, -0.25) is 24.3 Å². The summed E-state index contributed by atoms with van der Waals surface area (Å²) in [5.74, 6) is -1.14. The van der Waals surface area contributed by atoms with Gasteiger partial charge < -0.3 is 38.8 Å². The molecule has 2 atom stereocenters. The molecule has 16 heteroatoms. The first-order valence-corrected chi connectivity index (χ1v) is 20.3. The Morgan fingerprint density at radius 2 is 1.59 bits per heavy atom. The van der Waals surface area contributed by atoms with Crippen molar-refractivity contribution in [2.75, 3.05) is 72.4 Å². The third kappa shape index (κ3) is 10.8. The number of esters is 1. The largest absolute Gasteiger partial charge is 0.454 e. The number of likely N-dealkylation sites (N-methyl/N-ethyl adjacent to an activating group) is 1. The Morgan fingerprint density at radius 3 is 2.29 bits per heavy atom. The van der Waals surface area contributed by atoms with Gasteiger partial charge in [0, 0.05) is 70.5 Å². The van der Waals surface area contributed by atoms with E-state index in [1.54, 1.807) is 19.0 Å². The predicted molar refractivity (Wildman–Crippen MR) is 223 cm³/mol. The maximum atomic E-state index is 13.2. The SMILES string of the molecule is C.COC(=O)N1CCC(N2CCc3ccccc3NC2=O)CC1.Cc1cc(C[C@@H](C)C(=O)N2CCC(N3CCC[C@H]3C(=O)OCC(=O)N(C)C)CC2)cc2oc(=O)[nH]c12. The molecule has 3 saturated heterocycles. The first kappa shape index (κ1) is 44.7. The number of anilines is 1. The number of H-pyrrole nitrogens is 1. The number of aromatic amines is 1. The molecule has 2 N–H and O–H groups in total. The van der Waals surface area contributed by atoms with E-state index in [1.807, 2.05) is 54.0 Å². The fourth-order valence-corrected chi connectivity index (χ4v) is 8.65. The lowest BCUT2D eigenvalue weighted by Crippen LogP contribution is -2.51. The number of amides is 5. The van der Waals surface area contributed by atoms with Gasteiger partial charge in [0.05, 0.1) is 12.6 Å². The van der Waals surface area contributed by atoms with Gasteiger partial charge in [0.2, 0.25) is 5.91 Å². The van der Waals surface area contributed by atoms with Gasteiger partial charge in [-0.05, 0) is 93.7 Å². The highest BCUT2D eigenvalue weighted by molar-refractivity contribution is 5.91. The summed E-state index contributed by atoms with van der Waals surface area (Å²) < 4.78 is 15.2. The van der Waals surface area contributed by atoms with Crippen LogP contribution < -0.4 is 11.1 Å². The summed E-state index contributed by atoms with van der Waals surface area (Å²) in [5.41, 5.74) is 5.16. The van der Waals surface area contributed by atoms with Crippen LogP contribution in [0.25, 0.3) is 11.1 Å². The van der Waals surface area contributed by atoms with Gasteiger partial charge in [-0.1, -0.05) is 38.6 Å². The van der Waals surface area contributed by atoms with E-state index in [-0.39, 0.29) is 68.0 Å². The van der Waals surface area contributed by atoms with Crippen molar-refractivity contribution in [2.24, 2.45) is 5.92 Å². The topological polar surface area (TPSA) is 178 Å². The van der Waals surface area contributed by atoms with E-state index in [1.165, 1.54) is 17.6 Å². The lowest BCUT2D eigenvalue weighted by atomic mass is 9.96. The average Bonchev–Trinajstić information content (AvgIpc) is 3.83. The molecule has 59 heavy (non-hydrogen) atoms. The molecule has 4 aliphatic rings. The number of fused-ring (bicyclic) bond motifs is 2. The first-order valence-electron chi connectivity index (χ1n) is 20.3. The second-order valence-electron chi connectivity index (χ2n) is 16.0. The first-order chi connectivity index (χ1) is 27.8. The minimum absolute atomic E-state index is 0. The van der Waals surface area contributed by atoms with Gasteiger partial charge in [-0.15, -0.1) is 0 Å². The van der Waals surface area contributed by atoms with Crippen LogP contribution in [0.4, 0.5) is 15.3 Å². The zero-order valence-electron chi connectivity index (χ0n) is 34.3. The summed E-state index contributed by atoms with van der Waals surface area (Å²) >= 11 is 0. The van der Waals surface area contributed by atoms with Gasteiger partial charge in [0.15, 0.2) is 12.2 Å². The fourth-order valence-electron chi connectivity index (χ4n) is 8.65. The van der Waals surface area contributed by atoms with E-state index in [0.29, 0.717) is 50.2 Å². The molecule has 2 aromatic carbocycles. The van der Waals surface area contributed by atoms with Gasteiger partial charge in [-0.25, -0.2) is 14.4 Å². The number of hydrogen-bond donors (Lipinski definition) is 2. The highest BCUT2D eigenvalue weighted by atomic mass is 16.5.